The van der Waals surface area contributed by atoms with E-state index in [1.807, 2.05) is 0 Å². The summed E-state index contributed by atoms with van der Waals surface area (Å²) in [5.41, 5.74) is 2.41. The fourth-order valence-electron chi connectivity index (χ4n) is 2.18. The predicted molar refractivity (Wildman–Crippen MR) is 81.2 cm³/mol. The summed E-state index contributed by atoms with van der Waals surface area (Å²) < 4.78 is 2.16. The number of hydrogen-bond donors (Lipinski definition) is 1. The van der Waals surface area contributed by atoms with Crippen molar-refractivity contribution in [3.63, 3.8) is 0 Å². The van der Waals surface area contributed by atoms with E-state index >= 15 is 0 Å². The van der Waals surface area contributed by atoms with Crippen LogP contribution in [-0.4, -0.2) is 15.8 Å². The third kappa shape index (κ3) is 3.57. The molecule has 1 aromatic heterocycles. The second kappa shape index (κ2) is 6.20. The molecule has 0 atom stereocenters. The molecule has 3 heteroatoms. The van der Waals surface area contributed by atoms with Crippen LogP contribution in [0.25, 0.3) is 10.9 Å². The first-order chi connectivity index (χ1) is 9.08. The van der Waals surface area contributed by atoms with Gasteiger partial charge in [-0.3, -0.25) is 4.68 Å². The highest BCUT2D eigenvalue weighted by atomic mass is 15.3. The standard InChI is InChI=1S/C16H25N3/c1-12(2)9-10-19-16-8-6-5-7-14(16)15(18-19)11-17-13(3)4/h5-8,12-13,17H,9-11H2,1-4H3. The largest absolute Gasteiger partial charge is 0.309 e. The molecule has 0 unspecified atom stereocenters. The van der Waals surface area contributed by atoms with Crippen LogP contribution in [0.4, 0.5) is 0 Å². The van der Waals surface area contributed by atoms with Crippen molar-refractivity contribution in [1.29, 1.82) is 0 Å². The van der Waals surface area contributed by atoms with Gasteiger partial charge in [0.1, 0.15) is 0 Å². The number of aromatic nitrogens is 2. The maximum atomic E-state index is 4.79. The van der Waals surface area contributed by atoms with Crippen LogP contribution >= 0.6 is 0 Å². The molecular weight excluding hydrogens is 234 g/mol. The van der Waals surface area contributed by atoms with E-state index in [1.165, 1.54) is 17.3 Å². The third-order valence-corrected chi connectivity index (χ3v) is 3.33. The molecule has 0 fully saturated rings. The van der Waals surface area contributed by atoms with Crippen molar-refractivity contribution in [2.45, 2.75) is 53.2 Å². The van der Waals surface area contributed by atoms with Gasteiger partial charge >= 0.3 is 0 Å². The quantitative estimate of drug-likeness (QED) is 0.859. The Balaban J connectivity index is 2.26. The van der Waals surface area contributed by atoms with E-state index < -0.39 is 0 Å². The molecule has 19 heavy (non-hydrogen) atoms. The highest BCUT2D eigenvalue weighted by Gasteiger charge is 2.10. The van der Waals surface area contributed by atoms with Gasteiger partial charge in [0.25, 0.3) is 0 Å². The fraction of sp³-hybridized carbons (Fsp3) is 0.562. The van der Waals surface area contributed by atoms with Gasteiger partial charge in [-0.1, -0.05) is 45.9 Å². The monoisotopic (exact) mass is 259 g/mol. The Labute approximate surface area is 116 Å². The van der Waals surface area contributed by atoms with Crippen LogP contribution in [0.2, 0.25) is 0 Å². The minimum atomic E-state index is 0.486. The Bertz CT molecular complexity index is 480. The summed E-state index contributed by atoms with van der Waals surface area (Å²) in [7, 11) is 0. The lowest BCUT2D eigenvalue weighted by molar-refractivity contribution is 0.489. The molecule has 104 valence electrons. The van der Waals surface area contributed by atoms with Crippen molar-refractivity contribution in [3.05, 3.63) is 30.0 Å². The lowest BCUT2D eigenvalue weighted by atomic mass is 10.1. The Hall–Kier alpha value is -1.35. The molecule has 0 radical (unpaired) electrons. The predicted octanol–water partition coefficient (Wildman–Crippen LogP) is 3.58. The lowest BCUT2D eigenvalue weighted by Crippen LogP contribution is -2.22. The SMILES string of the molecule is CC(C)CCn1nc(CNC(C)C)c2ccccc21. The number of nitrogens with one attached hydrogen (secondary N) is 1. The van der Waals surface area contributed by atoms with Crippen LogP contribution in [0.5, 0.6) is 0 Å². The molecular formula is C16H25N3. The average Bonchev–Trinajstić information content (AvgIpc) is 2.72. The minimum absolute atomic E-state index is 0.486. The van der Waals surface area contributed by atoms with Crippen LogP contribution in [0.3, 0.4) is 0 Å². The van der Waals surface area contributed by atoms with Crippen molar-refractivity contribution in [1.82, 2.24) is 15.1 Å². The summed E-state index contributed by atoms with van der Waals surface area (Å²) in [5.74, 6) is 0.709. The molecule has 0 saturated carbocycles. The van der Waals surface area contributed by atoms with E-state index in [0.717, 1.165) is 18.8 Å². The second-order valence-corrected chi connectivity index (χ2v) is 5.91. The summed E-state index contributed by atoms with van der Waals surface area (Å²) in [6.07, 6.45) is 1.17. The molecule has 2 aromatic rings. The average molecular weight is 259 g/mol. The molecule has 1 N–H and O–H groups in total. The summed E-state index contributed by atoms with van der Waals surface area (Å²) in [5, 5.41) is 9.52. The number of nitrogens with zero attached hydrogens (tertiary/aromatic N) is 2. The summed E-state index contributed by atoms with van der Waals surface area (Å²) in [6.45, 7) is 10.7. The van der Waals surface area contributed by atoms with Crippen LogP contribution < -0.4 is 5.32 Å². The molecule has 0 spiro atoms. The molecule has 1 aromatic carbocycles. The van der Waals surface area contributed by atoms with Crippen LogP contribution in [0.1, 0.15) is 39.8 Å². The van der Waals surface area contributed by atoms with E-state index in [4.69, 9.17) is 5.10 Å². The Morgan fingerprint density at radius 3 is 2.58 bits per heavy atom. The molecule has 0 saturated heterocycles. The molecule has 0 amide bonds. The first-order valence-corrected chi connectivity index (χ1v) is 7.25. The van der Waals surface area contributed by atoms with Crippen molar-refractivity contribution in [3.8, 4) is 0 Å². The van der Waals surface area contributed by atoms with E-state index in [1.54, 1.807) is 0 Å². The van der Waals surface area contributed by atoms with Gasteiger partial charge in [-0.05, 0) is 18.4 Å². The van der Waals surface area contributed by atoms with Gasteiger partial charge in [0.2, 0.25) is 0 Å². The molecule has 0 bridgehead atoms. The Kier molecular flexibility index (Phi) is 4.59. The van der Waals surface area contributed by atoms with Crippen LogP contribution in [-0.2, 0) is 13.1 Å². The normalized spacial score (nSPS) is 11.9. The topological polar surface area (TPSA) is 29.9 Å². The van der Waals surface area contributed by atoms with Crippen molar-refractivity contribution in [2.24, 2.45) is 5.92 Å². The fourth-order valence-corrected chi connectivity index (χ4v) is 2.18. The smallest absolute Gasteiger partial charge is 0.0841 e. The van der Waals surface area contributed by atoms with Gasteiger partial charge in [-0.25, -0.2) is 0 Å². The highest BCUT2D eigenvalue weighted by molar-refractivity contribution is 5.81. The van der Waals surface area contributed by atoms with Crippen molar-refractivity contribution in [2.75, 3.05) is 0 Å². The van der Waals surface area contributed by atoms with Gasteiger partial charge in [-0.15, -0.1) is 0 Å². The first kappa shape index (κ1) is 14.1. The highest BCUT2D eigenvalue weighted by Crippen LogP contribution is 2.19. The van der Waals surface area contributed by atoms with Gasteiger partial charge in [0.05, 0.1) is 11.2 Å². The number of benzene rings is 1. The minimum Gasteiger partial charge on any atom is -0.309 e. The summed E-state index contributed by atoms with van der Waals surface area (Å²) >= 11 is 0. The van der Waals surface area contributed by atoms with E-state index in [2.05, 4.69) is 62.0 Å². The summed E-state index contributed by atoms with van der Waals surface area (Å²) in [4.78, 5) is 0. The maximum Gasteiger partial charge on any atom is 0.0841 e. The molecule has 0 aliphatic rings. The number of aryl methyl sites for hydroxylation is 1. The lowest BCUT2D eigenvalue weighted by Gasteiger charge is -2.06. The number of para-hydroxylation sites is 1. The zero-order valence-corrected chi connectivity index (χ0v) is 12.5. The first-order valence-electron chi connectivity index (χ1n) is 7.25. The van der Waals surface area contributed by atoms with E-state index in [9.17, 15) is 0 Å². The van der Waals surface area contributed by atoms with Gasteiger partial charge in [-0.2, -0.15) is 5.10 Å². The zero-order chi connectivity index (χ0) is 13.8. The van der Waals surface area contributed by atoms with Crippen molar-refractivity contribution < 1.29 is 0 Å². The van der Waals surface area contributed by atoms with Crippen LogP contribution in [0, 0.1) is 5.92 Å². The van der Waals surface area contributed by atoms with Crippen molar-refractivity contribution >= 4 is 10.9 Å². The summed E-state index contributed by atoms with van der Waals surface area (Å²) in [6, 6.07) is 9.01. The second-order valence-electron chi connectivity index (χ2n) is 5.91. The van der Waals surface area contributed by atoms with Gasteiger partial charge < -0.3 is 5.32 Å². The molecule has 2 rings (SSSR count). The van der Waals surface area contributed by atoms with E-state index in [-0.39, 0.29) is 0 Å². The number of hydrogen-bond acceptors (Lipinski definition) is 2. The molecule has 0 aliphatic carbocycles. The van der Waals surface area contributed by atoms with Gasteiger partial charge in [0.15, 0.2) is 0 Å². The third-order valence-electron chi connectivity index (χ3n) is 3.33. The molecule has 1 heterocycles. The van der Waals surface area contributed by atoms with E-state index in [0.29, 0.717) is 12.0 Å². The molecule has 0 aliphatic heterocycles. The zero-order valence-electron chi connectivity index (χ0n) is 12.5. The maximum absolute atomic E-state index is 4.79. The Morgan fingerprint density at radius 2 is 1.89 bits per heavy atom. The number of rotatable bonds is 6. The Morgan fingerprint density at radius 1 is 1.16 bits per heavy atom. The number of fused-ring (bicyclic) bond motifs is 1. The molecule has 3 nitrogen and oxygen atoms in total. The van der Waals surface area contributed by atoms with Gasteiger partial charge in [0, 0.05) is 24.5 Å². The van der Waals surface area contributed by atoms with Crippen LogP contribution in [0.15, 0.2) is 24.3 Å².